The highest BCUT2D eigenvalue weighted by Crippen LogP contribution is 2.36. The van der Waals surface area contributed by atoms with Crippen LogP contribution in [0.1, 0.15) is 41.0 Å². The molecule has 0 radical (unpaired) electrons. The van der Waals surface area contributed by atoms with Crippen molar-refractivity contribution in [2.75, 3.05) is 31.1 Å². The molecule has 2 saturated heterocycles. The van der Waals surface area contributed by atoms with Crippen LogP contribution in [0.15, 0.2) is 18.2 Å². The van der Waals surface area contributed by atoms with E-state index in [-0.39, 0.29) is 0 Å². The Morgan fingerprint density at radius 1 is 1.14 bits per heavy atom. The molecule has 1 aromatic carbocycles. The minimum atomic E-state index is -0.412. The number of hydrogen-bond donors (Lipinski definition) is 1. The van der Waals surface area contributed by atoms with Crippen molar-refractivity contribution < 1.29 is 4.79 Å². The summed E-state index contributed by atoms with van der Waals surface area (Å²) in [6, 6.07) is 6.90. The third-order valence-electron chi connectivity index (χ3n) is 5.99. The van der Waals surface area contributed by atoms with Crippen LogP contribution in [-0.2, 0) is 0 Å². The van der Waals surface area contributed by atoms with Gasteiger partial charge in [0.15, 0.2) is 5.13 Å². The first-order valence-electron chi connectivity index (χ1n) is 10.3. The van der Waals surface area contributed by atoms with Gasteiger partial charge in [-0.2, -0.15) is 0 Å². The number of aryl methyl sites for hydroxylation is 1. The smallest absolute Gasteiger partial charge is 0.260 e. The van der Waals surface area contributed by atoms with E-state index in [1.54, 1.807) is 11.3 Å². The number of anilines is 1. The molecule has 4 heterocycles. The maximum absolute atomic E-state index is 11.5. The second kappa shape index (κ2) is 7.66. The number of fused-ring (bicyclic) bond motifs is 1. The van der Waals surface area contributed by atoms with Crippen molar-refractivity contribution in [3.8, 4) is 10.6 Å². The lowest BCUT2D eigenvalue weighted by Crippen LogP contribution is -2.40. The number of amides is 1. The lowest BCUT2D eigenvalue weighted by molar-refractivity contribution is 0.100. The van der Waals surface area contributed by atoms with Gasteiger partial charge >= 0.3 is 0 Å². The minimum Gasteiger partial charge on any atom is -0.365 e. The van der Waals surface area contributed by atoms with E-state index in [2.05, 4.69) is 26.9 Å². The molecule has 0 bridgehead atoms. The molecule has 0 saturated carbocycles. The summed E-state index contributed by atoms with van der Waals surface area (Å²) < 4.78 is 1.16. The lowest BCUT2D eigenvalue weighted by Gasteiger charge is -2.32. The molecule has 0 spiro atoms. The fraction of sp³-hybridized carbons (Fsp3) is 0.476. The molecule has 1 amide bonds. The van der Waals surface area contributed by atoms with Crippen LogP contribution in [0.3, 0.4) is 0 Å². The number of piperidine rings is 1. The Hall–Kier alpha value is -2.03. The van der Waals surface area contributed by atoms with Crippen LogP contribution in [0.5, 0.6) is 0 Å². The average molecular weight is 428 g/mol. The van der Waals surface area contributed by atoms with Crippen LogP contribution in [0, 0.1) is 6.92 Å². The molecule has 2 aliphatic heterocycles. The van der Waals surface area contributed by atoms with E-state index in [4.69, 9.17) is 10.7 Å². The van der Waals surface area contributed by atoms with E-state index >= 15 is 0 Å². The Balaban J connectivity index is 1.37. The van der Waals surface area contributed by atoms with E-state index < -0.39 is 5.91 Å². The van der Waals surface area contributed by atoms with Crippen LogP contribution in [0.25, 0.3) is 20.8 Å². The molecule has 2 N–H and O–H groups in total. The number of carbonyl (C=O) groups excluding carboxylic acids is 1. The zero-order valence-corrected chi connectivity index (χ0v) is 18.2. The van der Waals surface area contributed by atoms with Gasteiger partial charge in [-0.15, -0.1) is 11.3 Å². The number of thiazole rings is 2. The molecule has 1 atom stereocenters. The average Bonchev–Trinajstić information content (AvgIpc) is 3.45. The Bertz CT molecular complexity index is 1050. The van der Waals surface area contributed by atoms with E-state index in [0.717, 1.165) is 39.0 Å². The van der Waals surface area contributed by atoms with Gasteiger partial charge in [0, 0.05) is 24.7 Å². The summed E-state index contributed by atoms with van der Waals surface area (Å²) in [7, 11) is 0. The quantitative estimate of drug-likeness (QED) is 0.684. The largest absolute Gasteiger partial charge is 0.365 e. The fourth-order valence-corrected chi connectivity index (χ4v) is 6.38. The number of nitrogens with two attached hydrogens (primary N) is 1. The molecule has 29 heavy (non-hydrogen) atoms. The van der Waals surface area contributed by atoms with Gasteiger partial charge in [0.25, 0.3) is 5.91 Å². The third-order valence-corrected chi connectivity index (χ3v) is 8.29. The first kappa shape index (κ1) is 19.0. The van der Waals surface area contributed by atoms with Crippen LogP contribution in [0.4, 0.5) is 5.13 Å². The van der Waals surface area contributed by atoms with Crippen molar-refractivity contribution in [1.29, 1.82) is 0 Å². The van der Waals surface area contributed by atoms with E-state index in [1.165, 1.54) is 50.1 Å². The van der Waals surface area contributed by atoms with Crippen molar-refractivity contribution in [2.24, 2.45) is 5.73 Å². The highest BCUT2D eigenvalue weighted by atomic mass is 32.1. The molecule has 0 aliphatic carbocycles. The summed E-state index contributed by atoms with van der Waals surface area (Å²) in [6.45, 7) is 6.50. The highest BCUT2D eigenvalue weighted by molar-refractivity contribution is 7.22. The number of carbonyl (C=O) groups is 1. The molecule has 2 aromatic heterocycles. The van der Waals surface area contributed by atoms with Gasteiger partial charge in [0.05, 0.1) is 15.9 Å². The van der Waals surface area contributed by atoms with E-state index in [1.807, 2.05) is 13.0 Å². The topological polar surface area (TPSA) is 75.3 Å². The predicted molar refractivity (Wildman–Crippen MR) is 120 cm³/mol. The molecule has 3 aromatic rings. The van der Waals surface area contributed by atoms with Gasteiger partial charge in [0.1, 0.15) is 9.88 Å². The number of primary amides is 1. The molecule has 152 valence electrons. The first-order valence-corrected chi connectivity index (χ1v) is 11.9. The summed E-state index contributed by atoms with van der Waals surface area (Å²) in [5, 5.41) is 1.95. The number of aromatic nitrogens is 2. The molecule has 2 aliphatic rings. The second-order valence-corrected chi connectivity index (χ2v) is 9.97. The van der Waals surface area contributed by atoms with Crippen LogP contribution in [-0.4, -0.2) is 53.0 Å². The Morgan fingerprint density at radius 3 is 2.72 bits per heavy atom. The van der Waals surface area contributed by atoms with E-state index in [9.17, 15) is 4.79 Å². The number of hydrogen-bond acceptors (Lipinski definition) is 7. The van der Waals surface area contributed by atoms with Gasteiger partial charge < -0.3 is 10.6 Å². The number of nitrogens with zero attached hydrogens (tertiary/aromatic N) is 4. The standard InChI is InChI=1S/C21H25N5OS2/c1-13-18(19(22)27)29-20(23-13)14-5-6-16-17(11-14)28-21(24-16)26-10-7-15(12-26)25-8-3-2-4-9-25/h5-6,11,15H,2-4,7-10,12H2,1H3,(H2,22,27). The number of benzene rings is 1. The highest BCUT2D eigenvalue weighted by Gasteiger charge is 2.30. The maximum Gasteiger partial charge on any atom is 0.260 e. The molecule has 8 heteroatoms. The Morgan fingerprint density at radius 2 is 1.97 bits per heavy atom. The van der Waals surface area contributed by atoms with Crippen LogP contribution in [0.2, 0.25) is 0 Å². The number of likely N-dealkylation sites (tertiary alicyclic amines) is 1. The summed E-state index contributed by atoms with van der Waals surface area (Å²) in [4.78, 5) is 26.6. The van der Waals surface area contributed by atoms with Crippen LogP contribution < -0.4 is 10.6 Å². The number of rotatable bonds is 4. The second-order valence-electron chi connectivity index (χ2n) is 7.96. The molecule has 1 unspecified atom stereocenters. The first-order chi connectivity index (χ1) is 14.1. The zero-order chi connectivity index (χ0) is 20.0. The normalized spacial score (nSPS) is 20.6. The van der Waals surface area contributed by atoms with Crippen molar-refractivity contribution in [2.45, 2.75) is 38.6 Å². The monoisotopic (exact) mass is 427 g/mol. The fourth-order valence-electron chi connectivity index (χ4n) is 4.43. The van der Waals surface area contributed by atoms with Gasteiger partial charge in [0.2, 0.25) is 0 Å². The van der Waals surface area contributed by atoms with Crippen molar-refractivity contribution in [3.05, 3.63) is 28.8 Å². The summed E-state index contributed by atoms with van der Waals surface area (Å²) >= 11 is 3.11. The molecular formula is C21H25N5OS2. The summed E-state index contributed by atoms with van der Waals surface area (Å²) in [5.74, 6) is -0.412. The van der Waals surface area contributed by atoms with E-state index in [0.29, 0.717) is 16.6 Å². The van der Waals surface area contributed by atoms with Crippen molar-refractivity contribution >= 4 is 43.9 Å². The SMILES string of the molecule is Cc1nc(-c2ccc3nc(N4CCC(N5CCCCC5)C4)sc3c2)sc1C(N)=O. The Labute approximate surface area is 178 Å². The maximum atomic E-state index is 11.5. The third kappa shape index (κ3) is 3.65. The molecular weight excluding hydrogens is 402 g/mol. The molecule has 6 nitrogen and oxygen atoms in total. The minimum absolute atomic E-state index is 0.412. The molecule has 5 rings (SSSR count). The van der Waals surface area contributed by atoms with Gasteiger partial charge in [-0.25, -0.2) is 9.97 Å². The summed E-state index contributed by atoms with van der Waals surface area (Å²) in [5.41, 5.74) is 8.19. The van der Waals surface area contributed by atoms with Crippen LogP contribution >= 0.6 is 22.7 Å². The lowest BCUT2D eigenvalue weighted by atomic mass is 10.1. The van der Waals surface area contributed by atoms with Gasteiger partial charge in [-0.05, 0) is 57.5 Å². The van der Waals surface area contributed by atoms with Crippen molar-refractivity contribution in [3.63, 3.8) is 0 Å². The van der Waals surface area contributed by atoms with Gasteiger partial charge in [-0.3, -0.25) is 9.69 Å². The van der Waals surface area contributed by atoms with Gasteiger partial charge in [-0.1, -0.05) is 17.8 Å². The summed E-state index contributed by atoms with van der Waals surface area (Å²) in [6.07, 6.45) is 5.30. The Kier molecular flexibility index (Phi) is 5.01. The predicted octanol–water partition coefficient (Wildman–Crippen LogP) is 3.89. The zero-order valence-electron chi connectivity index (χ0n) is 16.6. The van der Waals surface area contributed by atoms with Crippen molar-refractivity contribution in [1.82, 2.24) is 14.9 Å². The molecule has 2 fully saturated rings.